The van der Waals surface area contributed by atoms with E-state index >= 15 is 0 Å². The number of amides is 1. The summed E-state index contributed by atoms with van der Waals surface area (Å²) >= 11 is 0. The molecular weight excluding hydrogens is 198 g/mol. The van der Waals surface area contributed by atoms with Gasteiger partial charge in [0.2, 0.25) is 0 Å². The van der Waals surface area contributed by atoms with Gasteiger partial charge in [0.25, 0.3) is 5.91 Å². The lowest BCUT2D eigenvalue weighted by Crippen LogP contribution is -2.42. The highest BCUT2D eigenvalue weighted by atomic mass is 16.2. The van der Waals surface area contributed by atoms with Crippen LogP contribution in [0.1, 0.15) is 26.3 Å². The molecule has 2 heteroatoms. The number of carbonyl (C=O) groups is 1. The van der Waals surface area contributed by atoms with Crippen LogP contribution in [0.15, 0.2) is 36.4 Å². The monoisotopic (exact) mass is 215 g/mol. The lowest BCUT2D eigenvalue weighted by atomic mass is 10.0. The van der Waals surface area contributed by atoms with Crippen molar-refractivity contribution in [2.75, 3.05) is 6.54 Å². The Morgan fingerprint density at radius 1 is 1.12 bits per heavy atom. The minimum atomic E-state index is -0.107. The zero-order valence-corrected chi connectivity index (χ0v) is 10.0. The van der Waals surface area contributed by atoms with E-state index in [0.717, 1.165) is 11.1 Å². The second kappa shape index (κ2) is 3.78. The van der Waals surface area contributed by atoms with Crippen molar-refractivity contribution in [3.63, 3.8) is 0 Å². The van der Waals surface area contributed by atoms with Crippen molar-refractivity contribution in [2.24, 2.45) is 0 Å². The summed E-state index contributed by atoms with van der Waals surface area (Å²) in [5.74, 6) is 0.138. The van der Waals surface area contributed by atoms with Crippen molar-refractivity contribution in [1.29, 1.82) is 0 Å². The fourth-order valence-corrected chi connectivity index (χ4v) is 1.94. The molecule has 1 aliphatic rings. The molecule has 0 atom stereocenters. The van der Waals surface area contributed by atoms with Gasteiger partial charge in [-0.1, -0.05) is 36.4 Å². The molecule has 0 saturated carbocycles. The summed E-state index contributed by atoms with van der Waals surface area (Å²) in [6.45, 7) is 6.90. The molecule has 0 bridgehead atoms. The number of hydrogen-bond acceptors (Lipinski definition) is 1. The average molecular weight is 215 g/mol. The van der Waals surface area contributed by atoms with Gasteiger partial charge in [0.05, 0.1) is 0 Å². The third-order valence-corrected chi connectivity index (χ3v) is 2.85. The Balaban J connectivity index is 2.26. The van der Waals surface area contributed by atoms with Gasteiger partial charge in [-0.3, -0.25) is 4.79 Å². The first-order valence-corrected chi connectivity index (χ1v) is 5.58. The smallest absolute Gasteiger partial charge is 0.254 e. The molecule has 2 nitrogen and oxygen atoms in total. The highest BCUT2D eigenvalue weighted by Crippen LogP contribution is 2.27. The van der Waals surface area contributed by atoms with Crippen LogP contribution in [-0.4, -0.2) is 22.9 Å². The summed E-state index contributed by atoms with van der Waals surface area (Å²) in [6.07, 6.45) is 2.02. The first-order valence-electron chi connectivity index (χ1n) is 5.58. The minimum absolute atomic E-state index is 0.107. The summed E-state index contributed by atoms with van der Waals surface area (Å²) in [5.41, 5.74) is 1.74. The Hall–Kier alpha value is -1.57. The maximum atomic E-state index is 12.2. The third kappa shape index (κ3) is 1.87. The molecule has 0 saturated heterocycles. The van der Waals surface area contributed by atoms with Crippen LogP contribution in [0, 0.1) is 0 Å². The normalized spacial score (nSPS) is 16.6. The predicted octanol–water partition coefficient (Wildman–Crippen LogP) is 2.71. The van der Waals surface area contributed by atoms with Gasteiger partial charge in [-0.05, 0) is 26.3 Å². The second-order valence-electron chi connectivity index (χ2n) is 5.07. The summed E-state index contributed by atoms with van der Waals surface area (Å²) in [5, 5.41) is 0. The van der Waals surface area contributed by atoms with Crippen LogP contribution in [0.2, 0.25) is 0 Å². The first kappa shape index (κ1) is 10.9. The number of carbonyl (C=O) groups excluding carboxylic acids is 1. The maximum absolute atomic E-state index is 12.2. The second-order valence-corrected chi connectivity index (χ2v) is 5.07. The van der Waals surface area contributed by atoms with Gasteiger partial charge in [-0.25, -0.2) is 0 Å². The molecular formula is C14H17NO. The molecule has 0 unspecified atom stereocenters. The van der Waals surface area contributed by atoms with Crippen molar-refractivity contribution in [3.8, 4) is 0 Å². The summed E-state index contributed by atoms with van der Waals surface area (Å²) < 4.78 is 0. The minimum Gasteiger partial charge on any atom is -0.330 e. The number of hydrogen-bond donors (Lipinski definition) is 0. The van der Waals surface area contributed by atoms with E-state index in [9.17, 15) is 4.79 Å². The average Bonchev–Trinajstić information content (AvgIpc) is 2.61. The lowest BCUT2D eigenvalue weighted by molar-refractivity contribution is -0.127. The topological polar surface area (TPSA) is 20.3 Å². The molecule has 2 rings (SSSR count). The third-order valence-electron chi connectivity index (χ3n) is 2.85. The Kier molecular flexibility index (Phi) is 2.58. The van der Waals surface area contributed by atoms with Crippen LogP contribution in [0.4, 0.5) is 0 Å². The van der Waals surface area contributed by atoms with E-state index in [1.165, 1.54) is 0 Å². The Bertz CT molecular complexity index is 426. The summed E-state index contributed by atoms with van der Waals surface area (Å²) in [7, 11) is 0. The number of benzene rings is 1. The molecule has 0 aliphatic carbocycles. The highest BCUT2D eigenvalue weighted by Gasteiger charge is 2.32. The van der Waals surface area contributed by atoms with Gasteiger partial charge in [0, 0.05) is 17.7 Å². The van der Waals surface area contributed by atoms with Crippen molar-refractivity contribution in [3.05, 3.63) is 42.0 Å². The molecule has 16 heavy (non-hydrogen) atoms. The van der Waals surface area contributed by atoms with Crippen LogP contribution >= 0.6 is 0 Å². The van der Waals surface area contributed by atoms with E-state index in [1.54, 1.807) is 0 Å². The molecule has 1 aromatic carbocycles. The molecule has 1 heterocycles. The fraction of sp³-hybridized carbons (Fsp3) is 0.357. The van der Waals surface area contributed by atoms with Gasteiger partial charge < -0.3 is 4.90 Å². The van der Waals surface area contributed by atoms with E-state index in [2.05, 4.69) is 20.8 Å². The quantitative estimate of drug-likeness (QED) is 0.705. The summed E-state index contributed by atoms with van der Waals surface area (Å²) in [4.78, 5) is 14.1. The van der Waals surface area contributed by atoms with Crippen LogP contribution in [0.25, 0.3) is 5.57 Å². The van der Waals surface area contributed by atoms with Crippen LogP contribution in [0.3, 0.4) is 0 Å². The molecule has 0 N–H and O–H groups in total. The molecule has 0 fully saturated rings. The molecule has 1 aromatic rings. The van der Waals surface area contributed by atoms with Crippen molar-refractivity contribution >= 4 is 11.5 Å². The molecule has 1 amide bonds. The van der Waals surface area contributed by atoms with E-state index in [4.69, 9.17) is 0 Å². The molecule has 0 aromatic heterocycles. The first-order chi connectivity index (χ1) is 7.50. The Morgan fingerprint density at radius 2 is 1.75 bits per heavy atom. The standard InChI is InChI=1S/C14H17NO/c1-14(2,3)15-10-9-12(13(15)16)11-7-5-4-6-8-11/h4-9H,10H2,1-3H3. The molecule has 84 valence electrons. The van der Waals surface area contributed by atoms with E-state index < -0.39 is 0 Å². The van der Waals surface area contributed by atoms with Gasteiger partial charge in [0.15, 0.2) is 0 Å². The Labute approximate surface area is 96.6 Å². The predicted molar refractivity (Wildman–Crippen MR) is 65.9 cm³/mol. The molecule has 0 radical (unpaired) electrons. The van der Waals surface area contributed by atoms with Crippen molar-refractivity contribution in [2.45, 2.75) is 26.3 Å². The van der Waals surface area contributed by atoms with Gasteiger partial charge in [0.1, 0.15) is 0 Å². The maximum Gasteiger partial charge on any atom is 0.254 e. The lowest BCUT2D eigenvalue weighted by Gasteiger charge is -2.32. The van der Waals surface area contributed by atoms with E-state index in [-0.39, 0.29) is 11.4 Å². The largest absolute Gasteiger partial charge is 0.330 e. The van der Waals surface area contributed by atoms with Crippen molar-refractivity contribution in [1.82, 2.24) is 4.90 Å². The highest BCUT2D eigenvalue weighted by molar-refractivity contribution is 6.21. The van der Waals surface area contributed by atoms with Gasteiger partial charge in [-0.15, -0.1) is 0 Å². The van der Waals surface area contributed by atoms with Crippen LogP contribution < -0.4 is 0 Å². The zero-order chi connectivity index (χ0) is 11.8. The SMILES string of the molecule is CC(C)(C)N1CC=C(c2ccccc2)C1=O. The van der Waals surface area contributed by atoms with Crippen LogP contribution in [-0.2, 0) is 4.79 Å². The summed E-state index contributed by atoms with van der Waals surface area (Å²) in [6, 6.07) is 9.85. The molecule has 1 aliphatic heterocycles. The fourth-order valence-electron chi connectivity index (χ4n) is 1.94. The van der Waals surface area contributed by atoms with E-state index in [1.807, 2.05) is 41.3 Å². The molecule has 0 spiro atoms. The number of rotatable bonds is 1. The van der Waals surface area contributed by atoms with Crippen molar-refractivity contribution < 1.29 is 4.79 Å². The Morgan fingerprint density at radius 3 is 2.25 bits per heavy atom. The van der Waals surface area contributed by atoms with E-state index in [0.29, 0.717) is 6.54 Å². The van der Waals surface area contributed by atoms with Gasteiger partial charge >= 0.3 is 0 Å². The van der Waals surface area contributed by atoms with Gasteiger partial charge in [-0.2, -0.15) is 0 Å². The van der Waals surface area contributed by atoms with Crippen LogP contribution in [0.5, 0.6) is 0 Å². The number of nitrogens with zero attached hydrogens (tertiary/aromatic N) is 1. The zero-order valence-electron chi connectivity index (χ0n) is 10.0.